The quantitative estimate of drug-likeness (QED) is 0.495. The number of anilines is 1. The second-order valence-corrected chi connectivity index (χ2v) is 6.09. The van der Waals surface area contributed by atoms with E-state index in [1.54, 1.807) is 44.4 Å². The number of thioether (sulfide) groups is 1. The number of ether oxygens (including phenoxy) is 3. The molecular formula is C17H20N2O6S. The van der Waals surface area contributed by atoms with Gasteiger partial charge in [-0.05, 0) is 31.2 Å². The number of nitrogens with zero attached hydrogens (tertiary/aromatic N) is 1. The normalized spacial score (nSPS) is 10.2. The summed E-state index contributed by atoms with van der Waals surface area (Å²) in [5, 5.41) is 6.22. The first-order valence-electron chi connectivity index (χ1n) is 7.80. The van der Waals surface area contributed by atoms with Gasteiger partial charge in [0.2, 0.25) is 5.91 Å². The highest BCUT2D eigenvalue weighted by molar-refractivity contribution is 8.00. The van der Waals surface area contributed by atoms with E-state index in [2.05, 4.69) is 10.5 Å². The van der Waals surface area contributed by atoms with Crippen molar-refractivity contribution in [2.45, 2.75) is 6.92 Å². The highest BCUT2D eigenvalue weighted by Crippen LogP contribution is 2.16. The number of esters is 1. The molecule has 0 aliphatic heterocycles. The van der Waals surface area contributed by atoms with Gasteiger partial charge in [-0.3, -0.25) is 9.59 Å². The predicted octanol–water partition coefficient (Wildman–Crippen LogP) is 2.29. The lowest BCUT2D eigenvalue weighted by Crippen LogP contribution is -2.17. The number of hydrogen-bond donors (Lipinski definition) is 1. The Kier molecular flexibility index (Phi) is 7.81. The van der Waals surface area contributed by atoms with Crippen molar-refractivity contribution >= 4 is 29.5 Å². The van der Waals surface area contributed by atoms with Crippen molar-refractivity contribution < 1.29 is 28.3 Å². The van der Waals surface area contributed by atoms with Crippen molar-refractivity contribution in [3.05, 3.63) is 36.1 Å². The summed E-state index contributed by atoms with van der Waals surface area (Å²) < 4.78 is 20.4. The van der Waals surface area contributed by atoms with Crippen LogP contribution in [0.2, 0.25) is 0 Å². The zero-order valence-electron chi connectivity index (χ0n) is 14.5. The van der Waals surface area contributed by atoms with Crippen LogP contribution >= 0.6 is 11.8 Å². The summed E-state index contributed by atoms with van der Waals surface area (Å²) in [6.45, 7) is 2.11. The largest absolute Gasteiger partial charge is 0.497 e. The number of carbonyl (C=O) groups excluding carboxylic acids is 2. The average Bonchev–Trinajstić information content (AvgIpc) is 3.04. The topological polar surface area (TPSA) is 99.9 Å². The Morgan fingerprint density at radius 3 is 2.54 bits per heavy atom. The number of benzene rings is 1. The molecule has 1 heterocycles. The molecule has 0 saturated heterocycles. The zero-order valence-corrected chi connectivity index (χ0v) is 15.3. The van der Waals surface area contributed by atoms with Crippen LogP contribution in [0.5, 0.6) is 11.5 Å². The molecule has 0 saturated carbocycles. The second kappa shape index (κ2) is 10.3. The van der Waals surface area contributed by atoms with Gasteiger partial charge in [-0.25, -0.2) is 0 Å². The number of aromatic nitrogens is 1. The third-order valence-corrected chi connectivity index (χ3v) is 3.93. The molecule has 1 aromatic carbocycles. The number of hydrogen-bond acceptors (Lipinski definition) is 8. The predicted molar refractivity (Wildman–Crippen MR) is 96.6 cm³/mol. The number of rotatable bonds is 10. The van der Waals surface area contributed by atoms with Crippen molar-refractivity contribution in [3.8, 4) is 11.5 Å². The van der Waals surface area contributed by atoms with Gasteiger partial charge in [0.15, 0.2) is 5.82 Å². The Morgan fingerprint density at radius 2 is 1.88 bits per heavy atom. The van der Waals surface area contributed by atoms with E-state index in [0.717, 1.165) is 17.5 Å². The van der Waals surface area contributed by atoms with Crippen LogP contribution in [-0.4, -0.2) is 48.9 Å². The fourth-order valence-electron chi connectivity index (χ4n) is 1.86. The Balaban J connectivity index is 1.53. The van der Waals surface area contributed by atoms with Crippen LogP contribution in [0.1, 0.15) is 5.76 Å². The molecule has 140 valence electrons. The van der Waals surface area contributed by atoms with E-state index in [1.807, 2.05) is 0 Å². The monoisotopic (exact) mass is 380 g/mol. The summed E-state index contributed by atoms with van der Waals surface area (Å²) in [7, 11) is 1.59. The lowest BCUT2D eigenvalue weighted by Gasteiger charge is -2.08. The van der Waals surface area contributed by atoms with Gasteiger partial charge < -0.3 is 24.1 Å². The maximum atomic E-state index is 11.7. The van der Waals surface area contributed by atoms with E-state index in [0.29, 0.717) is 17.3 Å². The molecule has 8 nitrogen and oxygen atoms in total. The zero-order chi connectivity index (χ0) is 18.8. The molecule has 2 aromatic rings. The van der Waals surface area contributed by atoms with Crippen LogP contribution in [0.15, 0.2) is 34.9 Å². The standard InChI is InChI=1S/C17H20N2O6S/c1-12-9-15(19-25-12)18-16(20)10-26-11-17(21)24-8-7-23-14-5-3-13(22-2)4-6-14/h3-6,9H,7-8,10-11H2,1-2H3,(H,18,19,20). The first-order chi connectivity index (χ1) is 12.6. The fraction of sp³-hybridized carbons (Fsp3) is 0.353. The summed E-state index contributed by atoms with van der Waals surface area (Å²) >= 11 is 1.15. The highest BCUT2D eigenvalue weighted by Gasteiger charge is 2.09. The van der Waals surface area contributed by atoms with Crippen molar-refractivity contribution in [1.29, 1.82) is 0 Å². The number of carbonyl (C=O) groups is 2. The Labute approximate surface area is 155 Å². The maximum Gasteiger partial charge on any atom is 0.316 e. The molecule has 0 aliphatic carbocycles. The number of methoxy groups -OCH3 is 1. The maximum absolute atomic E-state index is 11.7. The molecule has 0 bridgehead atoms. The van der Waals surface area contributed by atoms with E-state index in [1.165, 1.54) is 0 Å². The lowest BCUT2D eigenvalue weighted by molar-refractivity contribution is -0.141. The van der Waals surface area contributed by atoms with Gasteiger partial charge >= 0.3 is 5.97 Å². The smallest absolute Gasteiger partial charge is 0.316 e. The van der Waals surface area contributed by atoms with Gasteiger partial charge in [0.1, 0.15) is 30.5 Å². The molecule has 26 heavy (non-hydrogen) atoms. The molecule has 0 atom stereocenters. The molecule has 1 amide bonds. The molecule has 0 radical (unpaired) electrons. The van der Waals surface area contributed by atoms with Crippen molar-refractivity contribution in [2.24, 2.45) is 0 Å². The molecule has 0 aliphatic rings. The van der Waals surface area contributed by atoms with Crippen LogP contribution in [0.25, 0.3) is 0 Å². The molecule has 1 N–H and O–H groups in total. The van der Waals surface area contributed by atoms with Crippen LogP contribution < -0.4 is 14.8 Å². The minimum absolute atomic E-state index is 0.0772. The van der Waals surface area contributed by atoms with Crippen LogP contribution in [0.4, 0.5) is 5.82 Å². The first-order valence-corrected chi connectivity index (χ1v) is 8.95. The minimum Gasteiger partial charge on any atom is -0.497 e. The minimum atomic E-state index is -0.404. The van der Waals surface area contributed by atoms with Gasteiger partial charge in [0, 0.05) is 6.07 Å². The Hall–Kier alpha value is -2.68. The lowest BCUT2D eigenvalue weighted by atomic mass is 10.3. The van der Waals surface area contributed by atoms with E-state index in [9.17, 15) is 9.59 Å². The van der Waals surface area contributed by atoms with E-state index in [-0.39, 0.29) is 30.6 Å². The molecule has 0 spiro atoms. The molecule has 9 heteroatoms. The molecule has 2 rings (SSSR count). The molecule has 1 aromatic heterocycles. The van der Waals surface area contributed by atoms with E-state index < -0.39 is 5.97 Å². The second-order valence-electron chi connectivity index (χ2n) is 5.11. The summed E-state index contributed by atoms with van der Waals surface area (Å²) in [5.74, 6) is 1.88. The average molecular weight is 380 g/mol. The van der Waals surface area contributed by atoms with E-state index >= 15 is 0 Å². The number of nitrogens with one attached hydrogen (secondary N) is 1. The molecule has 0 unspecified atom stereocenters. The SMILES string of the molecule is COc1ccc(OCCOC(=O)CSCC(=O)Nc2cc(C)on2)cc1. The number of aryl methyl sites for hydroxylation is 1. The van der Waals surface area contributed by atoms with Crippen molar-refractivity contribution in [3.63, 3.8) is 0 Å². The van der Waals surface area contributed by atoms with Crippen molar-refractivity contribution in [2.75, 3.05) is 37.1 Å². The summed E-state index contributed by atoms with van der Waals surface area (Å²) in [5.41, 5.74) is 0. The van der Waals surface area contributed by atoms with Gasteiger partial charge in [0.05, 0.1) is 18.6 Å². The van der Waals surface area contributed by atoms with Crippen LogP contribution in [0, 0.1) is 6.92 Å². The fourth-order valence-corrected chi connectivity index (χ4v) is 2.47. The third kappa shape index (κ3) is 7.06. The van der Waals surface area contributed by atoms with Crippen LogP contribution in [0.3, 0.4) is 0 Å². The summed E-state index contributed by atoms with van der Waals surface area (Å²) in [6, 6.07) is 8.71. The van der Waals surface area contributed by atoms with E-state index in [4.69, 9.17) is 18.7 Å². The summed E-state index contributed by atoms with van der Waals surface area (Å²) in [6.07, 6.45) is 0. The van der Waals surface area contributed by atoms with Gasteiger partial charge in [-0.15, -0.1) is 11.8 Å². The van der Waals surface area contributed by atoms with Gasteiger partial charge in [0.25, 0.3) is 0 Å². The Bertz CT molecular complexity index is 716. The van der Waals surface area contributed by atoms with Gasteiger partial charge in [-0.1, -0.05) is 5.16 Å². The molecule has 0 fully saturated rings. The Morgan fingerprint density at radius 1 is 1.15 bits per heavy atom. The number of amides is 1. The highest BCUT2D eigenvalue weighted by atomic mass is 32.2. The first kappa shape index (κ1) is 19.6. The molecular weight excluding hydrogens is 360 g/mol. The van der Waals surface area contributed by atoms with Crippen molar-refractivity contribution in [1.82, 2.24) is 5.16 Å². The summed E-state index contributed by atoms with van der Waals surface area (Å²) in [4.78, 5) is 23.3. The third-order valence-electron chi connectivity index (χ3n) is 3.02. The van der Waals surface area contributed by atoms with Gasteiger partial charge in [-0.2, -0.15) is 0 Å². The van der Waals surface area contributed by atoms with Crippen LogP contribution in [-0.2, 0) is 14.3 Å².